The van der Waals surface area contributed by atoms with Gasteiger partial charge in [-0.1, -0.05) is 164 Å². The number of fused-ring (bicyclic) bond motifs is 3. The molecule has 236 valence electrons. The molecule has 50 heavy (non-hydrogen) atoms. The Kier molecular flexibility index (Phi) is 7.53. The fraction of sp³-hybridized carbons (Fsp3) is 0. The third kappa shape index (κ3) is 5.24. The van der Waals surface area contributed by atoms with E-state index in [1.165, 1.54) is 33.4 Å². The molecule has 0 saturated heterocycles. The van der Waals surface area contributed by atoms with Crippen molar-refractivity contribution in [2.45, 2.75) is 0 Å². The first-order valence-corrected chi connectivity index (χ1v) is 17.0. The van der Waals surface area contributed by atoms with Gasteiger partial charge in [0.15, 0.2) is 0 Å². The van der Waals surface area contributed by atoms with Crippen LogP contribution in [-0.4, -0.2) is 0 Å². The summed E-state index contributed by atoms with van der Waals surface area (Å²) < 4.78 is 6.49. The molecule has 0 bridgehead atoms. The van der Waals surface area contributed by atoms with Crippen LogP contribution in [0.15, 0.2) is 205 Å². The maximum Gasteiger partial charge on any atom is 0.143 e. The monoisotopic (exact) mass is 639 g/mol. The molecule has 0 N–H and O–H groups in total. The first kappa shape index (κ1) is 29.5. The standard InChI is InChI=1S/C48H33NO/c1-4-17-34(18-5-1)39-25-10-11-27-43(39)47-40(35-19-6-2-7-20-35)28-16-31-45(47)49(37-22-8-3-9-23-37)38-24-14-21-36(33-38)41-29-15-30-44-42-26-12-13-32-46(42)50-48(41)44/h1-33H. The number of rotatable bonds is 7. The van der Waals surface area contributed by atoms with Crippen molar-refractivity contribution in [2.75, 3.05) is 4.90 Å². The third-order valence-corrected chi connectivity index (χ3v) is 9.48. The fourth-order valence-corrected chi connectivity index (χ4v) is 7.23. The Hall–Kier alpha value is -6.64. The van der Waals surface area contributed by atoms with Crippen molar-refractivity contribution in [2.24, 2.45) is 0 Å². The highest BCUT2D eigenvalue weighted by Gasteiger charge is 2.23. The van der Waals surface area contributed by atoms with Crippen LogP contribution in [0.1, 0.15) is 0 Å². The van der Waals surface area contributed by atoms with E-state index in [4.69, 9.17) is 4.42 Å². The van der Waals surface area contributed by atoms with E-state index in [-0.39, 0.29) is 0 Å². The molecule has 2 heteroatoms. The SMILES string of the molecule is c1ccc(-c2ccccc2-c2c(-c3ccccc3)cccc2N(c2ccccc2)c2cccc(-c3cccc4c3oc3ccccc34)c2)cc1. The van der Waals surface area contributed by atoms with Crippen LogP contribution >= 0.6 is 0 Å². The van der Waals surface area contributed by atoms with E-state index in [9.17, 15) is 0 Å². The van der Waals surface area contributed by atoms with Gasteiger partial charge in [0, 0.05) is 33.3 Å². The van der Waals surface area contributed by atoms with Gasteiger partial charge < -0.3 is 9.32 Å². The highest BCUT2D eigenvalue weighted by molar-refractivity contribution is 6.10. The zero-order valence-electron chi connectivity index (χ0n) is 27.4. The average Bonchev–Trinajstić information content (AvgIpc) is 3.58. The molecule has 0 atom stereocenters. The molecular formula is C48H33NO. The van der Waals surface area contributed by atoms with Crippen LogP contribution in [-0.2, 0) is 0 Å². The fourth-order valence-electron chi connectivity index (χ4n) is 7.23. The first-order valence-electron chi connectivity index (χ1n) is 17.0. The lowest BCUT2D eigenvalue weighted by Gasteiger charge is -2.30. The predicted octanol–water partition coefficient (Wildman–Crippen LogP) is 13.7. The van der Waals surface area contributed by atoms with Gasteiger partial charge in [-0.25, -0.2) is 0 Å². The van der Waals surface area contributed by atoms with E-state index in [0.717, 1.165) is 50.1 Å². The molecule has 0 aliphatic heterocycles. The van der Waals surface area contributed by atoms with Crippen molar-refractivity contribution in [1.29, 1.82) is 0 Å². The first-order chi connectivity index (χ1) is 24.8. The quantitative estimate of drug-likeness (QED) is 0.173. The molecule has 9 aromatic rings. The zero-order valence-corrected chi connectivity index (χ0v) is 27.4. The molecule has 0 fully saturated rings. The molecule has 0 unspecified atom stereocenters. The van der Waals surface area contributed by atoms with E-state index in [1.54, 1.807) is 0 Å². The summed E-state index contributed by atoms with van der Waals surface area (Å²) in [6.07, 6.45) is 0. The molecule has 1 aromatic heterocycles. The van der Waals surface area contributed by atoms with Gasteiger partial charge in [0.25, 0.3) is 0 Å². The second kappa shape index (κ2) is 12.8. The number of benzene rings is 8. The minimum Gasteiger partial charge on any atom is -0.455 e. The summed E-state index contributed by atoms with van der Waals surface area (Å²) in [4.78, 5) is 2.39. The molecule has 0 aliphatic rings. The number of hydrogen-bond acceptors (Lipinski definition) is 2. The van der Waals surface area contributed by atoms with Gasteiger partial charge in [0.1, 0.15) is 11.2 Å². The Balaban J connectivity index is 1.30. The summed E-state index contributed by atoms with van der Waals surface area (Å²) in [6, 6.07) is 71.1. The predicted molar refractivity (Wildman–Crippen MR) is 210 cm³/mol. The normalized spacial score (nSPS) is 11.2. The van der Waals surface area contributed by atoms with Gasteiger partial charge in [0.05, 0.1) is 5.69 Å². The Morgan fingerprint density at radius 3 is 1.64 bits per heavy atom. The summed E-state index contributed by atoms with van der Waals surface area (Å²) in [7, 11) is 0. The van der Waals surface area contributed by atoms with Crippen LogP contribution in [0.3, 0.4) is 0 Å². The molecule has 0 radical (unpaired) electrons. The number of para-hydroxylation sites is 3. The third-order valence-electron chi connectivity index (χ3n) is 9.48. The Labute approximate surface area is 292 Å². The highest BCUT2D eigenvalue weighted by atomic mass is 16.3. The summed E-state index contributed by atoms with van der Waals surface area (Å²) >= 11 is 0. The number of furan rings is 1. The number of anilines is 3. The van der Waals surface area contributed by atoms with Crippen molar-refractivity contribution in [1.82, 2.24) is 0 Å². The van der Waals surface area contributed by atoms with Crippen LogP contribution in [0.4, 0.5) is 17.1 Å². The van der Waals surface area contributed by atoms with Crippen LogP contribution in [0, 0.1) is 0 Å². The van der Waals surface area contributed by atoms with E-state index in [0.29, 0.717) is 0 Å². The molecule has 9 rings (SSSR count). The van der Waals surface area contributed by atoms with Crippen LogP contribution < -0.4 is 4.90 Å². The Morgan fingerprint density at radius 2 is 0.860 bits per heavy atom. The molecule has 0 spiro atoms. The van der Waals surface area contributed by atoms with Crippen LogP contribution in [0.2, 0.25) is 0 Å². The smallest absolute Gasteiger partial charge is 0.143 e. The molecule has 0 saturated carbocycles. The largest absolute Gasteiger partial charge is 0.455 e. The molecule has 2 nitrogen and oxygen atoms in total. The molecular weight excluding hydrogens is 607 g/mol. The Bertz CT molecular complexity index is 2590. The maximum absolute atomic E-state index is 6.49. The molecule has 0 amide bonds. The van der Waals surface area contributed by atoms with E-state index in [2.05, 4.69) is 193 Å². The Morgan fingerprint density at radius 1 is 0.340 bits per heavy atom. The van der Waals surface area contributed by atoms with E-state index < -0.39 is 0 Å². The zero-order chi connectivity index (χ0) is 33.3. The summed E-state index contributed by atoms with van der Waals surface area (Å²) in [6.45, 7) is 0. The van der Waals surface area contributed by atoms with Crippen LogP contribution in [0.5, 0.6) is 0 Å². The van der Waals surface area contributed by atoms with Gasteiger partial charge in [-0.2, -0.15) is 0 Å². The second-order valence-electron chi connectivity index (χ2n) is 12.5. The van der Waals surface area contributed by atoms with E-state index in [1.807, 2.05) is 12.1 Å². The topological polar surface area (TPSA) is 16.4 Å². The summed E-state index contributed by atoms with van der Waals surface area (Å²) in [5.74, 6) is 0. The lowest BCUT2D eigenvalue weighted by atomic mass is 9.87. The van der Waals surface area contributed by atoms with Crippen molar-refractivity contribution in [3.8, 4) is 44.5 Å². The van der Waals surface area contributed by atoms with Gasteiger partial charge >= 0.3 is 0 Å². The van der Waals surface area contributed by atoms with Gasteiger partial charge in [-0.3, -0.25) is 0 Å². The maximum atomic E-state index is 6.49. The van der Waals surface area contributed by atoms with Crippen molar-refractivity contribution >= 4 is 39.0 Å². The lowest BCUT2D eigenvalue weighted by Crippen LogP contribution is -2.12. The van der Waals surface area contributed by atoms with Gasteiger partial charge in [0.2, 0.25) is 0 Å². The van der Waals surface area contributed by atoms with Gasteiger partial charge in [-0.15, -0.1) is 0 Å². The summed E-state index contributed by atoms with van der Waals surface area (Å²) in [5, 5.41) is 2.25. The molecule has 0 aliphatic carbocycles. The second-order valence-corrected chi connectivity index (χ2v) is 12.5. The van der Waals surface area contributed by atoms with Crippen molar-refractivity contribution in [3.63, 3.8) is 0 Å². The van der Waals surface area contributed by atoms with Crippen molar-refractivity contribution < 1.29 is 4.42 Å². The minimum absolute atomic E-state index is 0.900. The molecule has 8 aromatic carbocycles. The van der Waals surface area contributed by atoms with Gasteiger partial charge in [-0.05, 0) is 69.8 Å². The average molecular weight is 640 g/mol. The molecule has 1 heterocycles. The number of nitrogens with zero attached hydrogens (tertiary/aromatic N) is 1. The lowest BCUT2D eigenvalue weighted by molar-refractivity contribution is 0.670. The van der Waals surface area contributed by atoms with E-state index >= 15 is 0 Å². The van der Waals surface area contributed by atoms with Crippen molar-refractivity contribution in [3.05, 3.63) is 200 Å². The minimum atomic E-state index is 0.900. The van der Waals surface area contributed by atoms with Crippen LogP contribution in [0.25, 0.3) is 66.4 Å². The highest BCUT2D eigenvalue weighted by Crippen LogP contribution is 2.48. The summed E-state index contributed by atoms with van der Waals surface area (Å²) in [5.41, 5.74) is 14.3. The number of hydrogen-bond donors (Lipinski definition) is 0.